The Kier molecular flexibility index (Phi) is 5.52. The Morgan fingerprint density at radius 2 is 2.04 bits per heavy atom. The Labute approximate surface area is 148 Å². The van der Waals surface area contributed by atoms with Crippen LogP contribution >= 0.6 is 11.8 Å². The molecule has 5 heteroatoms. The van der Waals surface area contributed by atoms with Gasteiger partial charge in [-0.15, -0.1) is 0 Å². The number of thioether (sulfide) groups is 1. The molecule has 1 amide bonds. The van der Waals surface area contributed by atoms with Crippen LogP contribution in [0.15, 0.2) is 24.3 Å². The molecule has 1 aromatic carbocycles. The molecule has 2 aliphatic heterocycles. The third kappa shape index (κ3) is 3.63. The van der Waals surface area contributed by atoms with Crippen LogP contribution in [0.1, 0.15) is 37.5 Å². The maximum atomic E-state index is 13.1. The molecule has 0 bridgehead atoms. The molecule has 0 N–H and O–H groups in total. The van der Waals surface area contributed by atoms with Crippen molar-refractivity contribution >= 4 is 17.7 Å². The van der Waals surface area contributed by atoms with Gasteiger partial charge in [-0.25, -0.2) is 0 Å². The Bertz CT molecular complexity index is 574. The number of benzene rings is 1. The molecule has 2 heterocycles. The zero-order chi connectivity index (χ0) is 17.3. The Balaban J connectivity index is 1.70. The SMILES string of the molecule is CSCC[C@H]1OC[C@H](C(C)C)N1C(=O)[C@H]1O[C@@H]1c1ccc(C)cc1. The molecule has 0 saturated carbocycles. The normalized spacial score (nSPS) is 29.3. The molecular weight excluding hydrogens is 322 g/mol. The van der Waals surface area contributed by atoms with E-state index in [1.165, 1.54) is 5.56 Å². The van der Waals surface area contributed by atoms with Crippen LogP contribution in [0.2, 0.25) is 0 Å². The molecule has 0 aliphatic carbocycles. The number of nitrogens with zero attached hydrogens (tertiary/aromatic N) is 1. The van der Waals surface area contributed by atoms with Crippen LogP contribution in [0.3, 0.4) is 0 Å². The van der Waals surface area contributed by atoms with Gasteiger partial charge in [0.25, 0.3) is 5.91 Å². The average molecular weight is 349 g/mol. The van der Waals surface area contributed by atoms with Crippen molar-refractivity contribution in [2.45, 2.75) is 51.7 Å². The lowest BCUT2D eigenvalue weighted by molar-refractivity contribution is -0.139. The van der Waals surface area contributed by atoms with E-state index in [1.807, 2.05) is 4.90 Å². The smallest absolute Gasteiger partial charge is 0.257 e. The first-order valence-electron chi connectivity index (χ1n) is 8.67. The molecule has 0 spiro atoms. The summed E-state index contributed by atoms with van der Waals surface area (Å²) in [4.78, 5) is 15.0. The largest absolute Gasteiger partial charge is 0.356 e. The summed E-state index contributed by atoms with van der Waals surface area (Å²) in [5, 5.41) is 0. The fourth-order valence-corrected chi connectivity index (χ4v) is 3.74. The number of rotatable bonds is 6. The van der Waals surface area contributed by atoms with Crippen molar-refractivity contribution in [1.82, 2.24) is 4.90 Å². The Morgan fingerprint density at radius 3 is 2.67 bits per heavy atom. The van der Waals surface area contributed by atoms with Gasteiger partial charge in [0.15, 0.2) is 6.10 Å². The van der Waals surface area contributed by atoms with Crippen LogP contribution in [-0.4, -0.2) is 47.8 Å². The van der Waals surface area contributed by atoms with Crippen LogP contribution in [-0.2, 0) is 14.3 Å². The van der Waals surface area contributed by atoms with Gasteiger partial charge >= 0.3 is 0 Å². The fourth-order valence-electron chi connectivity index (χ4n) is 3.30. The van der Waals surface area contributed by atoms with E-state index in [9.17, 15) is 4.79 Å². The van der Waals surface area contributed by atoms with Gasteiger partial charge in [0.2, 0.25) is 0 Å². The first-order chi connectivity index (χ1) is 11.5. The minimum absolute atomic E-state index is 0.0860. The summed E-state index contributed by atoms with van der Waals surface area (Å²) in [6, 6.07) is 8.38. The third-order valence-corrected chi connectivity index (χ3v) is 5.50. The predicted molar refractivity (Wildman–Crippen MR) is 97.0 cm³/mol. The number of aryl methyl sites for hydroxylation is 1. The summed E-state index contributed by atoms with van der Waals surface area (Å²) in [6.07, 6.45) is 2.39. The molecule has 0 radical (unpaired) electrons. The van der Waals surface area contributed by atoms with Gasteiger partial charge < -0.3 is 14.4 Å². The zero-order valence-electron chi connectivity index (χ0n) is 14.9. The maximum absolute atomic E-state index is 13.1. The van der Waals surface area contributed by atoms with Crippen molar-refractivity contribution in [2.75, 3.05) is 18.6 Å². The number of amides is 1. The second-order valence-electron chi connectivity index (χ2n) is 7.01. The highest BCUT2D eigenvalue weighted by molar-refractivity contribution is 7.98. The van der Waals surface area contributed by atoms with Gasteiger partial charge in [-0.1, -0.05) is 43.7 Å². The monoisotopic (exact) mass is 349 g/mol. The van der Waals surface area contributed by atoms with E-state index in [1.54, 1.807) is 11.8 Å². The van der Waals surface area contributed by atoms with Gasteiger partial charge in [-0.3, -0.25) is 4.79 Å². The van der Waals surface area contributed by atoms with E-state index in [0.717, 1.165) is 17.7 Å². The van der Waals surface area contributed by atoms with Gasteiger partial charge in [0.05, 0.1) is 12.6 Å². The molecule has 2 saturated heterocycles. The van der Waals surface area contributed by atoms with E-state index in [2.05, 4.69) is 51.3 Å². The van der Waals surface area contributed by atoms with Crippen molar-refractivity contribution in [1.29, 1.82) is 0 Å². The first kappa shape index (κ1) is 17.8. The highest BCUT2D eigenvalue weighted by Crippen LogP contribution is 2.41. The maximum Gasteiger partial charge on any atom is 0.257 e. The van der Waals surface area contributed by atoms with Crippen LogP contribution in [0.25, 0.3) is 0 Å². The summed E-state index contributed by atoms with van der Waals surface area (Å²) in [6.45, 7) is 6.99. The Hall–Kier alpha value is -1.04. The van der Waals surface area contributed by atoms with E-state index in [-0.39, 0.29) is 30.4 Å². The number of hydrogen-bond donors (Lipinski definition) is 0. The summed E-state index contributed by atoms with van der Waals surface area (Å²) in [5.41, 5.74) is 2.30. The lowest BCUT2D eigenvalue weighted by Crippen LogP contribution is -2.46. The van der Waals surface area contributed by atoms with Crippen molar-refractivity contribution in [3.8, 4) is 0 Å². The van der Waals surface area contributed by atoms with E-state index in [4.69, 9.17) is 9.47 Å². The van der Waals surface area contributed by atoms with Gasteiger partial charge in [0.1, 0.15) is 12.3 Å². The summed E-state index contributed by atoms with van der Waals surface area (Å²) >= 11 is 1.79. The summed E-state index contributed by atoms with van der Waals surface area (Å²) in [7, 11) is 0. The van der Waals surface area contributed by atoms with Gasteiger partial charge in [0, 0.05) is 6.42 Å². The van der Waals surface area contributed by atoms with Crippen LogP contribution in [0.5, 0.6) is 0 Å². The molecule has 2 fully saturated rings. The summed E-state index contributed by atoms with van der Waals surface area (Å²) in [5.74, 6) is 1.46. The summed E-state index contributed by atoms with van der Waals surface area (Å²) < 4.78 is 11.7. The second kappa shape index (κ2) is 7.46. The molecule has 3 rings (SSSR count). The van der Waals surface area contributed by atoms with Crippen molar-refractivity contribution < 1.29 is 14.3 Å². The highest BCUT2D eigenvalue weighted by atomic mass is 32.2. The molecule has 4 atom stereocenters. The highest BCUT2D eigenvalue weighted by Gasteiger charge is 2.52. The molecular formula is C19H27NO3S. The Morgan fingerprint density at radius 1 is 1.33 bits per heavy atom. The quantitative estimate of drug-likeness (QED) is 0.738. The fraction of sp³-hybridized carbons (Fsp3) is 0.632. The molecule has 2 aliphatic rings. The van der Waals surface area contributed by atoms with Crippen LogP contribution in [0, 0.1) is 12.8 Å². The third-order valence-electron chi connectivity index (χ3n) is 4.86. The van der Waals surface area contributed by atoms with Crippen molar-refractivity contribution in [3.63, 3.8) is 0 Å². The molecule has 1 aromatic rings. The van der Waals surface area contributed by atoms with E-state index < -0.39 is 0 Å². The lowest BCUT2D eigenvalue weighted by Gasteiger charge is -2.30. The minimum atomic E-state index is -0.354. The molecule has 0 unspecified atom stereocenters. The van der Waals surface area contributed by atoms with Crippen molar-refractivity contribution in [3.05, 3.63) is 35.4 Å². The minimum Gasteiger partial charge on any atom is -0.356 e. The van der Waals surface area contributed by atoms with Crippen LogP contribution < -0.4 is 0 Å². The number of epoxide rings is 1. The van der Waals surface area contributed by atoms with E-state index >= 15 is 0 Å². The predicted octanol–water partition coefficient (Wildman–Crippen LogP) is 3.40. The van der Waals surface area contributed by atoms with Gasteiger partial charge in [-0.05, 0) is 30.4 Å². The van der Waals surface area contributed by atoms with Crippen molar-refractivity contribution in [2.24, 2.45) is 5.92 Å². The number of carbonyl (C=O) groups excluding carboxylic acids is 1. The molecule has 132 valence electrons. The van der Waals surface area contributed by atoms with Gasteiger partial charge in [-0.2, -0.15) is 11.8 Å². The molecule has 24 heavy (non-hydrogen) atoms. The standard InChI is InChI=1S/C19H27NO3S/c1-12(2)15-11-22-16(9-10-24-4)20(15)19(21)18-17(23-18)14-7-5-13(3)6-8-14/h5-8,12,15-18H,9-11H2,1-4H3/t15-,16-,17-,18+/m1/s1. The topological polar surface area (TPSA) is 42.1 Å². The second-order valence-corrected chi connectivity index (χ2v) is 8.00. The number of hydrogen-bond acceptors (Lipinski definition) is 4. The van der Waals surface area contributed by atoms with Crippen LogP contribution in [0.4, 0.5) is 0 Å². The first-order valence-corrected chi connectivity index (χ1v) is 10.1. The zero-order valence-corrected chi connectivity index (χ0v) is 15.7. The number of carbonyl (C=O) groups is 1. The lowest BCUT2D eigenvalue weighted by atomic mass is 10.0. The van der Waals surface area contributed by atoms with E-state index in [0.29, 0.717) is 12.5 Å². The molecule has 0 aromatic heterocycles. The molecule has 4 nitrogen and oxygen atoms in total. The number of ether oxygens (including phenoxy) is 2. The average Bonchev–Trinajstić information content (AvgIpc) is 3.24.